The van der Waals surface area contributed by atoms with Crippen LogP contribution in [0.4, 0.5) is 0 Å². The zero-order valence-electron chi connectivity index (χ0n) is 9.31. The third-order valence-electron chi connectivity index (χ3n) is 2.88. The molecule has 0 radical (unpaired) electrons. The van der Waals surface area contributed by atoms with Gasteiger partial charge in [0.15, 0.2) is 0 Å². The highest BCUT2D eigenvalue weighted by Gasteiger charge is 2.16. The minimum absolute atomic E-state index is 0.371. The summed E-state index contributed by atoms with van der Waals surface area (Å²) in [5.41, 5.74) is 2.70. The fraction of sp³-hybridized carbons (Fsp3) is 0.200. The smallest absolute Gasteiger partial charge is 0.0461 e. The molecule has 0 aromatic heterocycles. The van der Waals surface area contributed by atoms with Gasteiger partial charge < -0.3 is 0 Å². The Morgan fingerprint density at radius 1 is 0.750 bits per heavy atom. The fourth-order valence-corrected chi connectivity index (χ4v) is 2.46. The summed E-state index contributed by atoms with van der Waals surface area (Å²) in [6.45, 7) is 2.25. The highest BCUT2D eigenvalue weighted by Crippen LogP contribution is 2.37. The van der Waals surface area contributed by atoms with Crippen LogP contribution >= 0.6 is 15.9 Å². The summed E-state index contributed by atoms with van der Waals surface area (Å²) in [5.74, 6) is 0.476. The number of hydrogen-bond acceptors (Lipinski definition) is 0. The number of hydrogen-bond donors (Lipinski definition) is 0. The lowest BCUT2D eigenvalue weighted by Crippen LogP contribution is -2.01. The van der Waals surface area contributed by atoms with Gasteiger partial charge >= 0.3 is 0 Å². The molecule has 2 atom stereocenters. The Labute approximate surface area is 105 Å². The first kappa shape index (κ1) is 11.4. The van der Waals surface area contributed by atoms with E-state index in [2.05, 4.69) is 83.5 Å². The van der Waals surface area contributed by atoms with Crippen LogP contribution in [0.25, 0.3) is 0 Å². The Bertz CT molecular complexity index is 378. The molecule has 0 saturated carbocycles. The Balaban J connectivity index is 2.20. The molecule has 2 aromatic rings. The zero-order valence-corrected chi connectivity index (χ0v) is 10.9. The molecule has 0 N–H and O–H groups in total. The lowest BCUT2D eigenvalue weighted by molar-refractivity contribution is 0.752. The monoisotopic (exact) mass is 274 g/mol. The van der Waals surface area contributed by atoms with Gasteiger partial charge in [-0.2, -0.15) is 0 Å². The van der Waals surface area contributed by atoms with E-state index in [0.29, 0.717) is 10.7 Å². The predicted octanol–water partition coefficient (Wildman–Crippen LogP) is 4.93. The van der Waals surface area contributed by atoms with Gasteiger partial charge in [0.2, 0.25) is 0 Å². The summed E-state index contributed by atoms with van der Waals surface area (Å²) < 4.78 is 0. The van der Waals surface area contributed by atoms with E-state index >= 15 is 0 Å². The minimum atomic E-state index is 0.371. The molecule has 1 unspecified atom stereocenters. The molecule has 0 aliphatic carbocycles. The van der Waals surface area contributed by atoms with Gasteiger partial charge in [-0.1, -0.05) is 83.5 Å². The second-order valence-corrected chi connectivity index (χ2v) is 5.00. The van der Waals surface area contributed by atoms with Crippen LogP contribution in [0.2, 0.25) is 0 Å². The molecule has 0 bridgehead atoms. The minimum Gasteiger partial charge on any atom is -0.0832 e. The molecule has 0 aliphatic heterocycles. The van der Waals surface area contributed by atoms with Crippen LogP contribution in [0.15, 0.2) is 60.7 Å². The van der Waals surface area contributed by atoms with Crippen LogP contribution in [-0.2, 0) is 0 Å². The average Bonchev–Trinajstić information content (AvgIpc) is 2.39. The van der Waals surface area contributed by atoms with Gasteiger partial charge in [-0.3, -0.25) is 0 Å². The quantitative estimate of drug-likeness (QED) is 0.697. The Hall–Kier alpha value is -1.08. The van der Waals surface area contributed by atoms with Gasteiger partial charge in [-0.25, -0.2) is 0 Å². The van der Waals surface area contributed by atoms with Crippen molar-refractivity contribution in [3.8, 4) is 0 Å². The van der Waals surface area contributed by atoms with E-state index in [1.807, 2.05) is 0 Å². The molecule has 0 aliphatic rings. The van der Waals surface area contributed by atoms with Crippen molar-refractivity contribution in [1.29, 1.82) is 0 Å². The molecule has 16 heavy (non-hydrogen) atoms. The van der Waals surface area contributed by atoms with Crippen LogP contribution in [0.3, 0.4) is 0 Å². The highest BCUT2D eigenvalue weighted by atomic mass is 79.9. The Kier molecular flexibility index (Phi) is 3.79. The molecule has 1 heteroatoms. The maximum atomic E-state index is 3.79. The lowest BCUT2D eigenvalue weighted by Gasteiger charge is -2.19. The van der Waals surface area contributed by atoms with E-state index in [4.69, 9.17) is 0 Å². The van der Waals surface area contributed by atoms with Crippen molar-refractivity contribution in [3.63, 3.8) is 0 Å². The van der Waals surface area contributed by atoms with Crippen molar-refractivity contribution in [1.82, 2.24) is 0 Å². The van der Waals surface area contributed by atoms with Crippen LogP contribution in [0.1, 0.15) is 28.8 Å². The lowest BCUT2D eigenvalue weighted by atomic mass is 9.94. The first-order chi connectivity index (χ1) is 7.79. The first-order valence-corrected chi connectivity index (χ1v) is 6.44. The van der Waals surface area contributed by atoms with Gasteiger partial charge in [0.1, 0.15) is 0 Å². The molecular formula is C15H15Br. The molecular weight excluding hydrogens is 260 g/mol. The SMILES string of the molecule is CC(c1ccccc1)[C@@H](Br)c1ccccc1. The van der Waals surface area contributed by atoms with E-state index in [0.717, 1.165) is 0 Å². The third kappa shape index (κ3) is 2.53. The van der Waals surface area contributed by atoms with Crippen LogP contribution in [0, 0.1) is 0 Å². The van der Waals surface area contributed by atoms with Crippen LogP contribution in [-0.4, -0.2) is 0 Å². The molecule has 0 saturated heterocycles. The fourth-order valence-electron chi connectivity index (χ4n) is 1.85. The van der Waals surface area contributed by atoms with Crippen molar-refractivity contribution < 1.29 is 0 Å². The van der Waals surface area contributed by atoms with Crippen molar-refractivity contribution in [2.75, 3.05) is 0 Å². The number of benzene rings is 2. The third-order valence-corrected chi connectivity index (χ3v) is 4.20. The van der Waals surface area contributed by atoms with Crippen molar-refractivity contribution >= 4 is 15.9 Å². The second-order valence-electron chi connectivity index (χ2n) is 4.01. The molecule has 0 fully saturated rings. The van der Waals surface area contributed by atoms with Crippen molar-refractivity contribution in [2.24, 2.45) is 0 Å². The van der Waals surface area contributed by atoms with Gasteiger partial charge in [0.05, 0.1) is 0 Å². The molecule has 2 rings (SSSR count). The Morgan fingerprint density at radius 3 is 1.69 bits per heavy atom. The molecule has 0 nitrogen and oxygen atoms in total. The van der Waals surface area contributed by atoms with Gasteiger partial charge in [-0.15, -0.1) is 0 Å². The maximum Gasteiger partial charge on any atom is 0.0461 e. The van der Waals surface area contributed by atoms with E-state index in [1.54, 1.807) is 0 Å². The van der Waals surface area contributed by atoms with E-state index in [-0.39, 0.29) is 0 Å². The first-order valence-electron chi connectivity index (χ1n) is 5.53. The predicted molar refractivity (Wildman–Crippen MR) is 73.0 cm³/mol. The van der Waals surface area contributed by atoms with E-state index in [1.165, 1.54) is 11.1 Å². The number of alkyl halides is 1. The van der Waals surface area contributed by atoms with Gasteiger partial charge in [-0.05, 0) is 17.0 Å². The van der Waals surface area contributed by atoms with Gasteiger partial charge in [0.25, 0.3) is 0 Å². The largest absolute Gasteiger partial charge is 0.0832 e. The van der Waals surface area contributed by atoms with Crippen molar-refractivity contribution in [3.05, 3.63) is 71.8 Å². The zero-order chi connectivity index (χ0) is 11.4. The molecule has 2 aromatic carbocycles. The van der Waals surface area contributed by atoms with Crippen LogP contribution < -0.4 is 0 Å². The van der Waals surface area contributed by atoms with Crippen LogP contribution in [0.5, 0.6) is 0 Å². The second kappa shape index (κ2) is 5.31. The van der Waals surface area contributed by atoms with Crippen molar-refractivity contribution in [2.45, 2.75) is 17.7 Å². The topological polar surface area (TPSA) is 0 Å². The maximum absolute atomic E-state index is 3.79. The van der Waals surface area contributed by atoms with E-state index < -0.39 is 0 Å². The summed E-state index contributed by atoms with van der Waals surface area (Å²) in [5, 5.41) is 0. The number of halogens is 1. The normalized spacial score (nSPS) is 14.4. The summed E-state index contributed by atoms with van der Waals surface area (Å²) in [7, 11) is 0. The number of rotatable bonds is 3. The highest BCUT2D eigenvalue weighted by molar-refractivity contribution is 9.09. The van der Waals surface area contributed by atoms with E-state index in [9.17, 15) is 0 Å². The molecule has 0 amide bonds. The summed E-state index contributed by atoms with van der Waals surface area (Å²) in [4.78, 5) is 0.371. The standard InChI is InChI=1S/C15H15Br/c1-12(13-8-4-2-5-9-13)15(16)14-10-6-3-7-11-14/h2-12,15H,1H3/t12?,15-/m1/s1. The molecule has 0 heterocycles. The molecule has 82 valence electrons. The average molecular weight is 275 g/mol. The Morgan fingerprint density at radius 2 is 1.19 bits per heavy atom. The van der Waals surface area contributed by atoms with Gasteiger partial charge in [0, 0.05) is 4.83 Å². The molecule has 0 spiro atoms. The summed E-state index contributed by atoms with van der Waals surface area (Å²) in [6, 6.07) is 21.2. The summed E-state index contributed by atoms with van der Waals surface area (Å²) >= 11 is 3.79. The summed E-state index contributed by atoms with van der Waals surface area (Å²) in [6.07, 6.45) is 0.